The van der Waals surface area contributed by atoms with Gasteiger partial charge in [0.25, 0.3) is 5.91 Å². The Bertz CT molecular complexity index is 1100. The molecule has 0 radical (unpaired) electrons. The van der Waals surface area contributed by atoms with Crippen molar-refractivity contribution in [3.8, 4) is 11.4 Å². The minimum absolute atomic E-state index is 0.0467. The van der Waals surface area contributed by atoms with E-state index in [9.17, 15) is 14.0 Å². The fourth-order valence-electron chi connectivity index (χ4n) is 3.01. The average Bonchev–Trinajstić information content (AvgIpc) is 3.18. The molecule has 1 unspecified atom stereocenters. The lowest BCUT2D eigenvalue weighted by Crippen LogP contribution is -2.47. The third-order valence-corrected chi connectivity index (χ3v) is 4.67. The maximum atomic E-state index is 14.4. The van der Waals surface area contributed by atoms with Gasteiger partial charge in [0.2, 0.25) is 5.91 Å². The van der Waals surface area contributed by atoms with Crippen molar-refractivity contribution >= 4 is 17.5 Å². The van der Waals surface area contributed by atoms with Gasteiger partial charge >= 0.3 is 0 Å². The van der Waals surface area contributed by atoms with Crippen LogP contribution < -0.4 is 15.4 Å². The largest absolute Gasteiger partial charge is 0.496 e. The Hall–Kier alpha value is -3.82. The van der Waals surface area contributed by atoms with Gasteiger partial charge in [0, 0.05) is 0 Å². The quantitative estimate of drug-likeness (QED) is 0.601. The molecule has 0 aliphatic heterocycles. The van der Waals surface area contributed by atoms with Gasteiger partial charge in [-0.3, -0.25) is 9.59 Å². The van der Waals surface area contributed by atoms with Gasteiger partial charge in [0.15, 0.2) is 5.82 Å². The van der Waals surface area contributed by atoms with Crippen molar-refractivity contribution in [2.75, 3.05) is 12.4 Å². The molecule has 0 saturated heterocycles. The summed E-state index contributed by atoms with van der Waals surface area (Å²) in [6.07, 6.45) is 0. The number of aryl methyl sites for hydroxylation is 1. The zero-order valence-corrected chi connectivity index (χ0v) is 17.6. The minimum atomic E-state index is -0.907. The van der Waals surface area contributed by atoms with Crippen LogP contribution in [0.4, 0.5) is 10.1 Å². The molecule has 9 nitrogen and oxygen atoms in total. The zero-order chi connectivity index (χ0) is 22.5. The Morgan fingerprint density at radius 1 is 1.16 bits per heavy atom. The van der Waals surface area contributed by atoms with Crippen molar-refractivity contribution in [1.82, 2.24) is 25.5 Å². The number of carbonyl (C=O) groups is 2. The third-order valence-electron chi connectivity index (χ3n) is 4.67. The molecule has 0 fully saturated rings. The Labute approximate surface area is 178 Å². The molecule has 0 spiro atoms. The lowest BCUT2D eigenvalue weighted by molar-refractivity contribution is -0.118. The zero-order valence-electron chi connectivity index (χ0n) is 17.6. The molecule has 1 aromatic heterocycles. The Kier molecular flexibility index (Phi) is 6.58. The number of tetrazole rings is 1. The molecule has 2 N–H and O–H groups in total. The molecule has 162 valence electrons. The Balaban J connectivity index is 1.81. The molecule has 1 heterocycles. The number of hydrogen-bond acceptors (Lipinski definition) is 6. The number of hydrogen-bond donors (Lipinski definition) is 2. The molecule has 0 aliphatic rings. The summed E-state index contributed by atoms with van der Waals surface area (Å²) in [6, 6.07) is 9.92. The molecule has 31 heavy (non-hydrogen) atoms. The van der Waals surface area contributed by atoms with Crippen LogP contribution in [0, 0.1) is 18.7 Å². The van der Waals surface area contributed by atoms with Gasteiger partial charge in [-0.15, -0.1) is 5.10 Å². The smallest absolute Gasteiger partial charge is 0.255 e. The summed E-state index contributed by atoms with van der Waals surface area (Å²) in [5.41, 5.74) is 0.735. The van der Waals surface area contributed by atoms with Gasteiger partial charge in [0.05, 0.1) is 24.0 Å². The van der Waals surface area contributed by atoms with Crippen molar-refractivity contribution in [2.45, 2.75) is 26.8 Å². The third kappa shape index (κ3) is 4.85. The van der Waals surface area contributed by atoms with Crippen LogP contribution in [0.1, 0.15) is 30.0 Å². The SMILES string of the molecule is COc1ccccc1C(=O)NC(C(=O)Nc1cc(-n2nnnc2C)ccc1F)C(C)C. The van der Waals surface area contributed by atoms with Gasteiger partial charge in [-0.1, -0.05) is 26.0 Å². The highest BCUT2D eigenvalue weighted by atomic mass is 19.1. The molecular formula is C21H23FN6O3. The van der Waals surface area contributed by atoms with Gasteiger partial charge in [-0.2, -0.15) is 4.68 Å². The number of aromatic nitrogens is 4. The van der Waals surface area contributed by atoms with Crippen molar-refractivity contribution in [1.29, 1.82) is 0 Å². The number of carbonyl (C=O) groups excluding carboxylic acids is 2. The van der Waals surface area contributed by atoms with Crippen molar-refractivity contribution in [2.24, 2.45) is 5.92 Å². The van der Waals surface area contributed by atoms with Crippen molar-refractivity contribution < 1.29 is 18.7 Å². The lowest BCUT2D eigenvalue weighted by Gasteiger charge is -2.22. The number of anilines is 1. The van der Waals surface area contributed by atoms with Crippen LogP contribution in [-0.4, -0.2) is 45.2 Å². The summed E-state index contributed by atoms with van der Waals surface area (Å²) in [5.74, 6) is -1.01. The van der Waals surface area contributed by atoms with E-state index in [-0.39, 0.29) is 11.6 Å². The van der Waals surface area contributed by atoms with Crippen LogP contribution in [0.25, 0.3) is 5.69 Å². The summed E-state index contributed by atoms with van der Waals surface area (Å²) in [4.78, 5) is 25.7. The number of methoxy groups -OCH3 is 1. The van der Waals surface area contributed by atoms with Crippen molar-refractivity contribution in [3.05, 3.63) is 59.7 Å². The van der Waals surface area contributed by atoms with Crippen LogP contribution in [0.15, 0.2) is 42.5 Å². The number of benzene rings is 2. The van der Waals surface area contributed by atoms with E-state index in [1.807, 2.05) is 0 Å². The van der Waals surface area contributed by atoms with Crippen LogP contribution in [0.2, 0.25) is 0 Å². The topological polar surface area (TPSA) is 111 Å². The highest BCUT2D eigenvalue weighted by Crippen LogP contribution is 2.21. The number of para-hydroxylation sites is 1. The molecule has 10 heteroatoms. The predicted octanol–water partition coefficient (Wildman–Crippen LogP) is 2.51. The fourth-order valence-corrected chi connectivity index (χ4v) is 3.01. The number of ether oxygens (including phenoxy) is 1. The maximum Gasteiger partial charge on any atom is 0.255 e. The molecule has 2 amide bonds. The van der Waals surface area contributed by atoms with E-state index < -0.39 is 23.7 Å². The van der Waals surface area contributed by atoms with E-state index in [1.165, 1.54) is 30.0 Å². The lowest BCUT2D eigenvalue weighted by atomic mass is 10.0. The molecule has 1 atom stereocenters. The summed E-state index contributed by atoms with van der Waals surface area (Å²) >= 11 is 0. The number of rotatable bonds is 7. The highest BCUT2D eigenvalue weighted by Gasteiger charge is 2.26. The van der Waals surface area contributed by atoms with Crippen LogP contribution in [-0.2, 0) is 4.79 Å². The number of nitrogens with zero attached hydrogens (tertiary/aromatic N) is 4. The summed E-state index contributed by atoms with van der Waals surface area (Å²) in [5, 5.41) is 16.5. The van der Waals surface area contributed by atoms with E-state index >= 15 is 0 Å². The summed E-state index contributed by atoms with van der Waals surface area (Å²) in [7, 11) is 1.46. The predicted molar refractivity (Wildman–Crippen MR) is 112 cm³/mol. The maximum absolute atomic E-state index is 14.4. The minimum Gasteiger partial charge on any atom is -0.496 e. The molecule has 3 aromatic rings. The van der Waals surface area contributed by atoms with E-state index in [0.29, 0.717) is 22.8 Å². The second-order valence-corrected chi connectivity index (χ2v) is 7.19. The van der Waals surface area contributed by atoms with E-state index in [0.717, 1.165) is 0 Å². The Morgan fingerprint density at radius 2 is 1.90 bits per heavy atom. The molecule has 0 aliphatic carbocycles. The van der Waals surface area contributed by atoms with Gasteiger partial charge in [-0.05, 0) is 53.6 Å². The monoisotopic (exact) mass is 426 g/mol. The second-order valence-electron chi connectivity index (χ2n) is 7.19. The molecular weight excluding hydrogens is 403 g/mol. The van der Waals surface area contributed by atoms with Gasteiger partial charge < -0.3 is 15.4 Å². The van der Waals surface area contributed by atoms with Gasteiger partial charge in [-0.25, -0.2) is 4.39 Å². The first-order chi connectivity index (χ1) is 14.8. The van der Waals surface area contributed by atoms with E-state index in [2.05, 4.69) is 26.2 Å². The summed E-state index contributed by atoms with van der Waals surface area (Å²) < 4.78 is 21.0. The van der Waals surface area contributed by atoms with Crippen LogP contribution >= 0.6 is 0 Å². The van der Waals surface area contributed by atoms with Crippen LogP contribution in [0.5, 0.6) is 5.75 Å². The first kappa shape index (κ1) is 21.9. The summed E-state index contributed by atoms with van der Waals surface area (Å²) in [6.45, 7) is 5.26. The van der Waals surface area contributed by atoms with Gasteiger partial charge in [0.1, 0.15) is 17.6 Å². The molecule has 3 rings (SSSR count). The fraction of sp³-hybridized carbons (Fsp3) is 0.286. The van der Waals surface area contributed by atoms with Crippen LogP contribution in [0.3, 0.4) is 0 Å². The standard InChI is InChI=1S/C21H23FN6O3/c1-12(2)19(24-20(29)15-7-5-6-8-18(15)31-4)21(30)23-17-11-14(9-10-16(17)22)28-13(3)25-26-27-28/h5-12,19H,1-4H3,(H,23,30)(H,24,29). The van der Waals surface area contributed by atoms with E-state index in [4.69, 9.17) is 4.74 Å². The number of nitrogens with one attached hydrogen (secondary N) is 2. The van der Waals surface area contributed by atoms with Crippen molar-refractivity contribution in [3.63, 3.8) is 0 Å². The Morgan fingerprint density at radius 3 is 2.55 bits per heavy atom. The van der Waals surface area contributed by atoms with E-state index in [1.54, 1.807) is 45.0 Å². The normalized spacial score (nSPS) is 11.8. The highest BCUT2D eigenvalue weighted by molar-refractivity contribution is 6.02. The molecule has 0 saturated carbocycles. The first-order valence-corrected chi connectivity index (χ1v) is 9.61. The molecule has 2 aromatic carbocycles. The first-order valence-electron chi connectivity index (χ1n) is 9.61. The average molecular weight is 426 g/mol. The molecule has 0 bridgehead atoms. The number of amides is 2. The second kappa shape index (κ2) is 9.33. The number of halogens is 1.